The molecular formula is C11H20N4O. The predicted molar refractivity (Wildman–Crippen MR) is 60.9 cm³/mol. The molecule has 0 amide bonds. The molecular weight excluding hydrogens is 204 g/mol. The Morgan fingerprint density at radius 3 is 3.00 bits per heavy atom. The molecule has 0 bridgehead atoms. The second-order valence-electron chi connectivity index (χ2n) is 5.03. The van der Waals surface area contributed by atoms with Gasteiger partial charge in [-0.1, -0.05) is 0 Å². The molecule has 16 heavy (non-hydrogen) atoms. The summed E-state index contributed by atoms with van der Waals surface area (Å²) < 4.78 is 7.82. The normalized spacial score (nSPS) is 23.8. The zero-order chi connectivity index (χ0) is 11.6. The number of rotatable bonds is 4. The van der Waals surface area contributed by atoms with Crippen LogP contribution in [0.25, 0.3) is 0 Å². The molecule has 0 aliphatic carbocycles. The van der Waals surface area contributed by atoms with E-state index in [1.165, 1.54) is 0 Å². The molecule has 1 saturated heterocycles. The van der Waals surface area contributed by atoms with Gasteiger partial charge >= 0.3 is 0 Å². The van der Waals surface area contributed by atoms with Gasteiger partial charge in [0.15, 0.2) is 0 Å². The number of nitrogens with one attached hydrogen (secondary N) is 1. The number of hydrogen-bond acceptors (Lipinski definition) is 4. The largest absolute Gasteiger partial charge is 0.371 e. The van der Waals surface area contributed by atoms with Crippen molar-refractivity contribution in [1.82, 2.24) is 20.1 Å². The number of hydrogen-bond donors (Lipinski definition) is 1. The summed E-state index contributed by atoms with van der Waals surface area (Å²) in [4.78, 5) is 0. The fraction of sp³-hybridized carbons (Fsp3) is 0.818. The maximum absolute atomic E-state index is 5.89. The Hall–Kier alpha value is -0.940. The third-order valence-electron chi connectivity index (χ3n) is 3.01. The highest BCUT2D eigenvalue weighted by molar-refractivity contribution is 4.85. The average molecular weight is 224 g/mol. The maximum atomic E-state index is 5.89. The van der Waals surface area contributed by atoms with E-state index in [4.69, 9.17) is 4.74 Å². The van der Waals surface area contributed by atoms with Crippen LogP contribution < -0.4 is 5.32 Å². The Balaban J connectivity index is 1.71. The second kappa shape index (κ2) is 4.51. The summed E-state index contributed by atoms with van der Waals surface area (Å²) in [5.41, 5.74) is 0.0527. The Bertz CT molecular complexity index is 348. The minimum atomic E-state index is 0.0527. The molecule has 0 aromatic carbocycles. The molecule has 0 saturated carbocycles. The molecule has 90 valence electrons. The van der Waals surface area contributed by atoms with Crippen molar-refractivity contribution in [3.63, 3.8) is 0 Å². The molecule has 1 unspecified atom stereocenters. The van der Waals surface area contributed by atoms with E-state index in [0.717, 1.165) is 31.8 Å². The Morgan fingerprint density at radius 1 is 1.62 bits per heavy atom. The molecule has 1 aromatic heterocycles. The van der Waals surface area contributed by atoms with Crippen LogP contribution in [0.3, 0.4) is 0 Å². The van der Waals surface area contributed by atoms with Crippen LogP contribution in [0.4, 0.5) is 0 Å². The van der Waals surface area contributed by atoms with Gasteiger partial charge < -0.3 is 14.6 Å². The van der Waals surface area contributed by atoms with Crippen LogP contribution in [0, 0.1) is 0 Å². The first-order valence-corrected chi connectivity index (χ1v) is 5.78. The standard InChI is InChI=1S/C11H20N4O/c1-11(2)5-4-9(16-11)6-12-7-10-14-13-8-15(10)3/h8-9,12H,4-7H2,1-3H3. The fourth-order valence-corrected chi connectivity index (χ4v) is 2.03. The van der Waals surface area contributed by atoms with Crippen LogP contribution in [0.2, 0.25) is 0 Å². The van der Waals surface area contributed by atoms with Gasteiger partial charge in [-0.2, -0.15) is 0 Å². The molecule has 1 N–H and O–H groups in total. The average Bonchev–Trinajstić information content (AvgIpc) is 2.74. The monoisotopic (exact) mass is 224 g/mol. The van der Waals surface area contributed by atoms with E-state index in [-0.39, 0.29) is 5.60 Å². The molecule has 5 heteroatoms. The lowest BCUT2D eigenvalue weighted by Gasteiger charge is -2.19. The summed E-state index contributed by atoms with van der Waals surface area (Å²) in [6.45, 7) is 5.93. The van der Waals surface area contributed by atoms with Crippen molar-refractivity contribution in [2.24, 2.45) is 7.05 Å². The third-order valence-corrected chi connectivity index (χ3v) is 3.01. The summed E-state index contributed by atoms with van der Waals surface area (Å²) in [5, 5.41) is 11.2. The van der Waals surface area contributed by atoms with Crippen molar-refractivity contribution in [2.75, 3.05) is 6.54 Å². The summed E-state index contributed by atoms with van der Waals surface area (Å²) in [6.07, 6.45) is 4.33. The van der Waals surface area contributed by atoms with Gasteiger partial charge in [0.2, 0.25) is 0 Å². The number of ether oxygens (including phenoxy) is 1. The predicted octanol–water partition coefficient (Wildman–Crippen LogP) is 0.862. The molecule has 2 heterocycles. The molecule has 0 spiro atoms. The van der Waals surface area contributed by atoms with E-state index in [1.807, 2.05) is 11.6 Å². The van der Waals surface area contributed by atoms with E-state index in [2.05, 4.69) is 29.4 Å². The van der Waals surface area contributed by atoms with Crippen molar-refractivity contribution < 1.29 is 4.74 Å². The quantitative estimate of drug-likeness (QED) is 0.824. The molecule has 1 aliphatic rings. The van der Waals surface area contributed by atoms with Crippen molar-refractivity contribution in [1.29, 1.82) is 0 Å². The number of aryl methyl sites for hydroxylation is 1. The van der Waals surface area contributed by atoms with Gasteiger partial charge in [0.25, 0.3) is 0 Å². The van der Waals surface area contributed by atoms with Crippen molar-refractivity contribution in [2.45, 2.75) is 44.9 Å². The van der Waals surface area contributed by atoms with Crippen molar-refractivity contribution in [3.8, 4) is 0 Å². The number of aromatic nitrogens is 3. The summed E-state index contributed by atoms with van der Waals surface area (Å²) in [5.74, 6) is 0.956. The first-order valence-electron chi connectivity index (χ1n) is 5.78. The zero-order valence-electron chi connectivity index (χ0n) is 10.2. The van der Waals surface area contributed by atoms with Crippen LogP contribution in [0.5, 0.6) is 0 Å². The molecule has 5 nitrogen and oxygen atoms in total. The SMILES string of the molecule is Cn1cnnc1CNCC1CCC(C)(C)O1. The van der Waals surface area contributed by atoms with Gasteiger partial charge in [-0.25, -0.2) is 0 Å². The first-order chi connectivity index (χ1) is 7.57. The highest BCUT2D eigenvalue weighted by Crippen LogP contribution is 2.28. The molecule has 1 aromatic rings. The van der Waals surface area contributed by atoms with Gasteiger partial charge in [-0.3, -0.25) is 0 Å². The van der Waals surface area contributed by atoms with Crippen molar-refractivity contribution >= 4 is 0 Å². The van der Waals surface area contributed by atoms with Gasteiger partial charge in [0.05, 0.1) is 18.2 Å². The van der Waals surface area contributed by atoms with E-state index < -0.39 is 0 Å². The highest BCUT2D eigenvalue weighted by Gasteiger charge is 2.31. The van der Waals surface area contributed by atoms with Crippen LogP contribution in [0.15, 0.2) is 6.33 Å². The Labute approximate surface area is 96.2 Å². The Morgan fingerprint density at radius 2 is 2.44 bits per heavy atom. The summed E-state index contributed by atoms with van der Waals surface area (Å²) >= 11 is 0. The van der Waals surface area contributed by atoms with Gasteiger partial charge in [0.1, 0.15) is 12.2 Å². The minimum absolute atomic E-state index is 0.0527. The fourth-order valence-electron chi connectivity index (χ4n) is 2.03. The smallest absolute Gasteiger partial charge is 0.146 e. The minimum Gasteiger partial charge on any atom is -0.371 e. The first kappa shape index (κ1) is 11.5. The number of nitrogens with zero attached hydrogens (tertiary/aromatic N) is 3. The van der Waals surface area contributed by atoms with Crippen LogP contribution in [-0.4, -0.2) is 33.0 Å². The maximum Gasteiger partial charge on any atom is 0.146 e. The topological polar surface area (TPSA) is 52.0 Å². The lowest BCUT2D eigenvalue weighted by Crippen LogP contribution is -2.29. The van der Waals surface area contributed by atoms with E-state index in [0.29, 0.717) is 6.10 Å². The van der Waals surface area contributed by atoms with Crippen molar-refractivity contribution in [3.05, 3.63) is 12.2 Å². The highest BCUT2D eigenvalue weighted by atomic mass is 16.5. The molecule has 0 radical (unpaired) electrons. The van der Waals surface area contributed by atoms with Gasteiger partial charge in [-0.05, 0) is 26.7 Å². The van der Waals surface area contributed by atoms with E-state index in [9.17, 15) is 0 Å². The van der Waals surface area contributed by atoms with Crippen LogP contribution in [0.1, 0.15) is 32.5 Å². The molecule has 1 aliphatic heterocycles. The van der Waals surface area contributed by atoms with Crippen LogP contribution >= 0.6 is 0 Å². The van der Waals surface area contributed by atoms with E-state index in [1.54, 1.807) is 6.33 Å². The zero-order valence-corrected chi connectivity index (χ0v) is 10.2. The molecule has 1 atom stereocenters. The Kier molecular flexibility index (Phi) is 3.25. The van der Waals surface area contributed by atoms with E-state index >= 15 is 0 Å². The molecule has 1 fully saturated rings. The van der Waals surface area contributed by atoms with Crippen LogP contribution in [-0.2, 0) is 18.3 Å². The summed E-state index contributed by atoms with van der Waals surface area (Å²) in [6, 6.07) is 0. The summed E-state index contributed by atoms with van der Waals surface area (Å²) in [7, 11) is 1.95. The second-order valence-corrected chi connectivity index (χ2v) is 5.03. The third kappa shape index (κ3) is 2.80. The van der Waals surface area contributed by atoms with Gasteiger partial charge in [-0.15, -0.1) is 10.2 Å². The van der Waals surface area contributed by atoms with Gasteiger partial charge in [0, 0.05) is 13.6 Å². The molecule has 2 rings (SSSR count). The lowest BCUT2D eigenvalue weighted by molar-refractivity contribution is -0.0143. The lowest BCUT2D eigenvalue weighted by atomic mass is 10.1.